The largest absolute Gasteiger partial charge is 0.492 e. The predicted molar refractivity (Wildman–Crippen MR) is 108 cm³/mol. The van der Waals surface area contributed by atoms with Crippen LogP contribution in [0.4, 0.5) is 0 Å². The van der Waals surface area contributed by atoms with E-state index in [1.807, 2.05) is 28.0 Å². The zero-order valence-corrected chi connectivity index (χ0v) is 17.2. The molecule has 2 rings (SSSR count). The van der Waals surface area contributed by atoms with Crippen molar-refractivity contribution in [2.45, 2.75) is 46.0 Å². The first-order chi connectivity index (χ1) is 13.1. The van der Waals surface area contributed by atoms with Gasteiger partial charge in [0, 0.05) is 38.5 Å². The quantitative estimate of drug-likeness (QED) is 0.626. The van der Waals surface area contributed by atoms with Crippen LogP contribution < -0.4 is 4.74 Å². The van der Waals surface area contributed by atoms with Crippen LogP contribution in [0.2, 0.25) is 5.02 Å². The number of carbonyl (C=O) groups is 2. The summed E-state index contributed by atoms with van der Waals surface area (Å²) in [5.41, 5.74) is 0. The van der Waals surface area contributed by atoms with Gasteiger partial charge in [0.2, 0.25) is 11.8 Å². The van der Waals surface area contributed by atoms with Crippen molar-refractivity contribution in [3.8, 4) is 5.75 Å². The highest BCUT2D eigenvalue weighted by atomic mass is 35.5. The van der Waals surface area contributed by atoms with Crippen molar-refractivity contribution >= 4 is 23.4 Å². The summed E-state index contributed by atoms with van der Waals surface area (Å²) in [6, 6.07) is 7.34. The van der Waals surface area contributed by atoms with E-state index in [1.54, 1.807) is 6.07 Å². The van der Waals surface area contributed by atoms with Crippen molar-refractivity contribution in [3.63, 3.8) is 0 Å². The molecule has 0 bridgehead atoms. The summed E-state index contributed by atoms with van der Waals surface area (Å²) in [4.78, 5) is 28.9. The second-order valence-electron chi connectivity index (χ2n) is 6.96. The van der Waals surface area contributed by atoms with E-state index in [-0.39, 0.29) is 17.7 Å². The van der Waals surface area contributed by atoms with Crippen molar-refractivity contribution in [1.29, 1.82) is 0 Å². The van der Waals surface area contributed by atoms with Crippen molar-refractivity contribution in [1.82, 2.24) is 9.80 Å². The summed E-state index contributed by atoms with van der Waals surface area (Å²) in [7, 11) is 0. The van der Waals surface area contributed by atoms with E-state index in [0.29, 0.717) is 43.3 Å². The molecule has 27 heavy (non-hydrogen) atoms. The Morgan fingerprint density at radius 2 is 1.74 bits per heavy atom. The monoisotopic (exact) mass is 394 g/mol. The highest BCUT2D eigenvalue weighted by Gasteiger charge is 2.25. The highest BCUT2D eigenvalue weighted by Crippen LogP contribution is 2.23. The summed E-state index contributed by atoms with van der Waals surface area (Å²) in [5, 5.41) is 0.582. The SMILES string of the molecule is CCC(CC)C(=O)N1CCCN(C(=O)CCCOc2ccccc2Cl)CC1. The number of carbonyl (C=O) groups excluding carboxylic acids is 2. The van der Waals surface area contributed by atoms with Gasteiger partial charge in [-0.2, -0.15) is 0 Å². The third-order valence-electron chi connectivity index (χ3n) is 5.12. The van der Waals surface area contributed by atoms with E-state index in [2.05, 4.69) is 13.8 Å². The minimum atomic E-state index is 0.106. The predicted octanol–water partition coefficient (Wildman–Crippen LogP) is 4.00. The average Bonchev–Trinajstić information content (AvgIpc) is 2.93. The Balaban J connectivity index is 1.74. The molecular formula is C21H31ClN2O3. The van der Waals surface area contributed by atoms with Crippen LogP contribution in [0.25, 0.3) is 0 Å². The Bertz CT molecular complexity index is 619. The molecule has 5 nitrogen and oxygen atoms in total. The molecule has 150 valence electrons. The number of hydrogen-bond acceptors (Lipinski definition) is 3. The molecule has 1 aliphatic heterocycles. The van der Waals surface area contributed by atoms with E-state index in [0.717, 1.165) is 32.4 Å². The number of para-hydroxylation sites is 1. The Kier molecular flexibility index (Phi) is 8.92. The standard InChI is InChI=1S/C21H31ClN2O3/c1-3-17(4-2)21(26)24-13-8-12-23(14-15-24)20(25)11-7-16-27-19-10-6-5-9-18(19)22/h5-6,9-10,17H,3-4,7-8,11-16H2,1-2H3. The Hall–Kier alpha value is -1.75. The van der Waals surface area contributed by atoms with Gasteiger partial charge >= 0.3 is 0 Å². The van der Waals surface area contributed by atoms with Gasteiger partial charge in [-0.15, -0.1) is 0 Å². The Morgan fingerprint density at radius 1 is 1.07 bits per heavy atom. The smallest absolute Gasteiger partial charge is 0.225 e. The molecule has 6 heteroatoms. The number of halogens is 1. The number of amides is 2. The maximum atomic E-state index is 12.6. The van der Waals surface area contributed by atoms with Gasteiger partial charge in [-0.1, -0.05) is 37.6 Å². The highest BCUT2D eigenvalue weighted by molar-refractivity contribution is 6.32. The molecule has 2 amide bonds. The van der Waals surface area contributed by atoms with Crippen LogP contribution in [0.5, 0.6) is 5.75 Å². The first-order valence-electron chi connectivity index (χ1n) is 10.0. The zero-order chi connectivity index (χ0) is 19.6. The average molecular weight is 395 g/mol. The molecular weight excluding hydrogens is 364 g/mol. The van der Waals surface area contributed by atoms with E-state index in [9.17, 15) is 9.59 Å². The first kappa shape index (κ1) is 21.5. The lowest BCUT2D eigenvalue weighted by Crippen LogP contribution is -2.39. The number of nitrogens with zero attached hydrogens (tertiary/aromatic N) is 2. The number of ether oxygens (including phenoxy) is 1. The Labute approximate surface area is 167 Å². The summed E-state index contributed by atoms with van der Waals surface area (Å²) in [5.74, 6) is 1.13. The van der Waals surface area contributed by atoms with Gasteiger partial charge in [0.1, 0.15) is 5.75 Å². The van der Waals surface area contributed by atoms with E-state index in [4.69, 9.17) is 16.3 Å². The molecule has 0 radical (unpaired) electrons. The lowest BCUT2D eigenvalue weighted by atomic mass is 10.0. The van der Waals surface area contributed by atoms with Crippen LogP contribution in [0.1, 0.15) is 46.0 Å². The van der Waals surface area contributed by atoms with Gasteiger partial charge in [0.25, 0.3) is 0 Å². The van der Waals surface area contributed by atoms with Crippen molar-refractivity contribution in [3.05, 3.63) is 29.3 Å². The van der Waals surface area contributed by atoms with Crippen LogP contribution in [-0.2, 0) is 9.59 Å². The van der Waals surface area contributed by atoms with Crippen molar-refractivity contribution in [2.24, 2.45) is 5.92 Å². The van der Waals surface area contributed by atoms with Crippen LogP contribution in [0, 0.1) is 5.92 Å². The molecule has 0 aliphatic carbocycles. The molecule has 0 spiro atoms. The lowest BCUT2D eigenvalue weighted by molar-refractivity contribution is -0.136. The van der Waals surface area contributed by atoms with Crippen molar-refractivity contribution in [2.75, 3.05) is 32.8 Å². The molecule has 1 aromatic carbocycles. The fourth-order valence-electron chi connectivity index (χ4n) is 3.41. The Morgan fingerprint density at radius 3 is 2.44 bits per heavy atom. The van der Waals surface area contributed by atoms with Crippen LogP contribution in [0.3, 0.4) is 0 Å². The number of rotatable bonds is 8. The van der Waals surface area contributed by atoms with Gasteiger partial charge in [-0.25, -0.2) is 0 Å². The van der Waals surface area contributed by atoms with Crippen LogP contribution in [-0.4, -0.2) is 54.4 Å². The summed E-state index contributed by atoms with van der Waals surface area (Å²) >= 11 is 6.06. The molecule has 0 unspecified atom stereocenters. The number of hydrogen-bond donors (Lipinski definition) is 0. The molecule has 0 saturated carbocycles. The lowest BCUT2D eigenvalue weighted by Gasteiger charge is -2.25. The fourth-order valence-corrected chi connectivity index (χ4v) is 3.60. The normalized spacial score (nSPS) is 15.0. The maximum absolute atomic E-state index is 12.6. The minimum absolute atomic E-state index is 0.106. The van der Waals surface area contributed by atoms with E-state index >= 15 is 0 Å². The first-order valence-corrected chi connectivity index (χ1v) is 10.4. The van der Waals surface area contributed by atoms with Gasteiger partial charge in [-0.3, -0.25) is 9.59 Å². The van der Waals surface area contributed by atoms with Crippen LogP contribution in [0.15, 0.2) is 24.3 Å². The number of benzene rings is 1. The third kappa shape index (κ3) is 6.42. The molecule has 1 saturated heterocycles. The summed E-state index contributed by atoms with van der Waals surface area (Å²) in [6.07, 6.45) is 3.69. The maximum Gasteiger partial charge on any atom is 0.225 e. The molecule has 1 heterocycles. The zero-order valence-electron chi connectivity index (χ0n) is 16.5. The van der Waals surface area contributed by atoms with Crippen LogP contribution >= 0.6 is 11.6 Å². The molecule has 1 fully saturated rings. The summed E-state index contributed by atoms with van der Waals surface area (Å²) < 4.78 is 5.64. The molecule has 0 atom stereocenters. The summed E-state index contributed by atoms with van der Waals surface area (Å²) in [6.45, 7) is 7.30. The van der Waals surface area contributed by atoms with Gasteiger partial charge in [0.15, 0.2) is 0 Å². The fraction of sp³-hybridized carbons (Fsp3) is 0.619. The third-order valence-corrected chi connectivity index (χ3v) is 5.44. The molecule has 1 aliphatic rings. The molecule has 0 aromatic heterocycles. The molecule has 1 aromatic rings. The minimum Gasteiger partial charge on any atom is -0.492 e. The topological polar surface area (TPSA) is 49.9 Å². The van der Waals surface area contributed by atoms with E-state index in [1.165, 1.54) is 0 Å². The van der Waals surface area contributed by atoms with Gasteiger partial charge in [-0.05, 0) is 37.8 Å². The second-order valence-corrected chi connectivity index (χ2v) is 7.36. The van der Waals surface area contributed by atoms with Gasteiger partial charge < -0.3 is 14.5 Å². The second kappa shape index (κ2) is 11.2. The molecule has 0 N–H and O–H groups in total. The van der Waals surface area contributed by atoms with E-state index < -0.39 is 0 Å². The van der Waals surface area contributed by atoms with Gasteiger partial charge in [0.05, 0.1) is 11.6 Å². The van der Waals surface area contributed by atoms with Crippen molar-refractivity contribution < 1.29 is 14.3 Å².